The Morgan fingerprint density at radius 2 is 1.98 bits per heavy atom. The lowest BCUT2D eigenvalue weighted by atomic mass is 10.1. The number of amides is 4. The molecule has 0 saturated carbocycles. The second-order valence-corrected chi connectivity index (χ2v) is 11.4. The summed E-state index contributed by atoms with van der Waals surface area (Å²) in [4.78, 5) is 49.7. The Hall–Kier alpha value is -4.36. The van der Waals surface area contributed by atoms with Gasteiger partial charge in [-0.15, -0.1) is 11.3 Å². The molecule has 43 heavy (non-hydrogen) atoms. The molecule has 1 atom stereocenters. The Balaban J connectivity index is 1.21. The van der Waals surface area contributed by atoms with Crippen molar-refractivity contribution in [2.75, 3.05) is 38.7 Å². The van der Waals surface area contributed by atoms with E-state index in [9.17, 15) is 14.4 Å². The first-order valence-electron chi connectivity index (χ1n) is 13.9. The first kappa shape index (κ1) is 30.1. The number of aliphatic imine (C=N–C) groups is 1. The highest BCUT2D eigenvalue weighted by Gasteiger charge is 2.30. The number of nitrogens with one attached hydrogen (secondary N) is 2. The van der Waals surface area contributed by atoms with Crippen LogP contribution in [0.2, 0.25) is 0 Å². The molecule has 0 spiro atoms. The van der Waals surface area contributed by atoms with E-state index < -0.39 is 18.0 Å². The van der Waals surface area contributed by atoms with Crippen LogP contribution in [-0.2, 0) is 20.9 Å². The lowest BCUT2D eigenvalue weighted by Crippen LogP contribution is -2.61. The van der Waals surface area contributed by atoms with E-state index in [1.807, 2.05) is 18.2 Å². The lowest BCUT2D eigenvalue weighted by molar-refractivity contribution is -0.133. The average Bonchev–Trinajstić information content (AvgIpc) is 3.39. The Bertz CT molecular complexity index is 1520. The number of thiophene rings is 1. The van der Waals surface area contributed by atoms with Crippen LogP contribution in [0, 0.1) is 5.82 Å². The van der Waals surface area contributed by atoms with Crippen molar-refractivity contribution in [3.63, 3.8) is 0 Å². The van der Waals surface area contributed by atoms with Crippen LogP contribution < -0.4 is 15.4 Å². The Morgan fingerprint density at radius 1 is 1.16 bits per heavy atom. The summed E-state index contributed by atoms with van der Waals surface area (Å²) >= 11 is 1.49. The van der Waals surface area contributed by atoms with Crippen molar-refractivity contribution in [1.29, 1.82) is 0 Å². The van der Waals surface area contributed by atoms with E-state index in [1.165, 1.54) is 37.3 Å². The molecule has 4 heterocycles. The van der Waals surface area contributed by atoms with Crippen LogP contribution in [0.15, 0.2) is 47.6 Å². The lowest BCUT2D eigenvalue weighted by Gasteiger charge is -2.38. The van der Waals surface area contributed by atoms with Crippen molar-refractivity contribution >= 4 is 46.8 Å². The third-order valence-corrected chi connectivity index (χ3v) is 8.40. The first-order chi connectivity index (χ1) is 20.7. The van der Waals surface area contributed by atoms with Crippen LogP contribution in [0.1, 0.15) is 36.8 Å². The van der Waals surface area contributed by atoms with Gasteiger partial charge in [0.15, 0.2) is 11.6 Å². The number of aromatic nitrogens is 1. The van der Waals surface area contributed by atoms with Gasteiger partial charge in [0.25, 0.3) is 0 Å². The molecule has 2 aromatic heterocycles. The van der Waals surface area contributed by atoms with Crippen molar-refractivity contribution in [2.45, 2.75) is 39.0 Å². The summed E-state index contributed by atoms with van der Waals surface area (Å²) in [5, 5.41) is 5.39. The molecule has 3 aromatic rings. The van der Waals surface area contributed by atoms with E-state index >= 15 is 4.39 Å². The monoisotopic (exact) mass is 608 g/mol. The molecular weight excluding hydrogens is 575 g/mol. The summed E-state index contributed by atoms with van der Waals surface area (Å²) in [6, 6.07) is 9.47. The van der Waals surface area contributed by atoms with Gasteiger partial charge in [0.1, 0.15) is 6.10 Å². The van der Waals surface area contributed by atoms with E-state index in [4.69, 9.17) is 9.47 Å². The van der Waals surface area contributed by atoms with Crippen molar-refractivity contribution in [3.05, 3.63) is 58.9 Å². The molecule has 13 heteroatoms. The molecule has 226 valence electrons. The zero-order chi connectivity index (χ0) is 30.5. The summed E-state index contributed by atoms with van der Waals surface area (Å²) in [7, 11) is 1.60. The molecule has 2 N–H and O–H groups in total. The normalized spacial score (nSPS) is 15.8. The van der Waals surface area contributed by atoms with E-state index in [2.05, 4.69) is 20.6 Å². The maximum Gasteiger partial charge on any atom is 0.319 e. The fourth-order valence-electron chi connectivity index (χ4n) is 4.75. The van der Waals surface area contributed by atoms with Crippen LogP contribution in [0.4, 0.5) is 20.6 Å². The number of nitrogens with zero attached hydrogens (tertiary/aromatic N) is 4. The maximum atomic E-state index is 15.0. The summed E-state index contributed by atoms with van der Waals surface area (Å²) in [6.45, 7) is 5.33. The number of carbonyl (C=O) groups is 3. The average molecular weight is 609 g/mol. The molecule has 1 unspecified atom stereocenters. The number of rotatable bonds is 10. The number of pyridine rings is 1. The molecule has 1 fully saturated rings. The molecule has 2 aliphatic rings. The second kappa shape index (κ2) is 13.3. The van der Waals surface area contributed by atoms with Gasteiger partial charge in [-0.1, -0.05) is 6.07 Å². The Labute approximate surface area is 252 Å². The van der Waals surface area contributed by atoms with Gasteiger partial charge < -0.3 is 29.9 Å². The number of methoxy groups -OCH3 is 1. The molecule has 1 saturated heterocycles. The molecule has 0 radical (unpaired) electrons. The predicted octanol–water partition coefficient (Wildman–Crippen LogP) is 4.52. The SMILES string of the molecule is COCCN(Cc1ccc(-c2cc3c(s2)C(Oc2ccc(NC(=O)NC4CN(C(C)=O)C4)cc2F)CC=N3)nc1)C(C)=O. The first-order valence-corrected chi connectivity index (χ1v) is 14.7. The number of hydrogen-bond donors (Lipinski definition) is 2. The standard InChI is InChI=1S/C30H33FN6O5S/c1-18(38)36(10-11-41-3)15-20-4-6-24(33-14-20)28-13-25-29(43-28)27(8-9-32-25)42-26-7-5-21(12-23(26)31)34-30(40)35-22-16-37(17-22)19(2)39/h4-7,9,12-14,22,27H,8,10-11,15-17H2,1-3H3,(H2,34,35,40). The fraction of sp³-hybridized carbons (Fsp3) is 0.367. The highest BCUT2D eigenvalue weighted by atomic mass is 32.1. The number of urea groups is 1. The molecule has 11 nitrogen and oxygen atoms in total. The van der Waals surface area contributed by atoms with Crippen molar-refractivity contribution in [2.24, 2.45) is 4.99 Å². The smallest absolute Gasteiger partial charge is 0.319 e. The van der Waals surface area contributed by atoms with Gasteiger partial charge in [0.05, 0.1) is 33.8 Å². The maximum absolute atomic E-state index is 15.0. The zero-order valence-corrected chi connectivity index (χ0v) is 24.9. The van der Waals surface area contributed by atoms with Gasteiger partial charge in [-0.3, -0.25) is 19.6 Å². The van der Waals surface area contributed by atoms with Gasteiger partial charge >= 0.3 is 6.03 Å². The van der Waals surface area contributed by atoms with E-state index in [0.717, 1.165) is 26.7 Å². The van der Waals surface area contributed by atoms with Crippen molar-refractivity contribution < 1.29 is 28.2 Å². The number of anilines is 1. The molecule has 4 amide bonds. The number of fused-ring (bicyclic) bond motifs is 1. The molecule has 0 bridgehead atoms. The summed E-state index contributed by atoms with van der Waals surface area (Å²) in [5.74, 6) is -0.609. The Kier molecular flexibility index (Phi) is 9.31. The highest BCUT2D eigenvalue weighted by Crippen LogP contribution is 2.44. The van der Waals surface area contributed by atoms with Gasteiger partial charge in [0, 0.05) is 77.7 Å². The molecular formula is C30H33FN6O5S. The number of halogens is 1. The minimum Gasteiger partial charge on any atom is -0.481 e. The molecule has 2 aliphatic heterocycles. The van der Waals surface area contributed by atoms with E-state index in [0.29, 0.717) is 39.2 Å². The predicted molar refractivity (Wildman–Crippen MR) is 161 cm³/mol. The zero-order valence-electron chi connectivity index (χ0n) is 24.1. The van der Waals surface area contributed by atoms with Crippen molar-refractivity contribution in [1.82, 2.24) is 20.1 Å². The number of benzene rings is 1. The molecule has 1 aromatic carbocycles. The van der Waals surface area contributed by atoms with Crippen LogP contribution in [0.3, 0.4) is 0 Å². The molecule has 5 rings (SSSR count). The van der Waals surface area contributed by atoms with Gasteiger partial charge in [-0.25, -0.2) is 9.18 Å². The van der Waals surface area contributed by atoms with Gasteiger partial charge in [-0.2, -0.15) is 0 Å². The quantitative estimate of drug-likeness (QED) is 0.349. The Morgan fingerprint density at radius 3 is 2.65 bits per heavy atom. The third kappa shape index (κ3) is 7.35. The fourth-order valence-corrected chi connectivity index (χ4v) is 5.87. The molecule has 0 aliphatic carbocycles. The third-order valence-electron chi connectivity index (χ3n) is 7.16. The van der Waals surface area contributed by atoms with E-state index in [-0.39, 0.29) is 29.3 Å². The van der Waals surface area contributed by atoms with Gasteiger partial charge in [-0.05, 0) is 29.8 Å². The number of ether oxygens (including phenoxy) is 2. The van der Waals surface area contributed by atoms with Gasteiger partial charge in [0.2, 0.25) is 11.8 Å². The van der Waals surface area contributed by atoms with Crippen LogP contribution >= 0.6 is 11.3 Å². The van der Waals surface area contributed by atoms with Crippen LogP contribution in [-0.4, -0.2) is 78.2 Å². The van der Waals surface area contributed by atoms with E-state index in [1.54, 1.807) is 35.4 Å². The second-order valence-electron chi connectivity index (χ2n) is 10.4. The van der Waals surface area contributed by atoms with Crippen LogP contribution in [0.25, 0.3) is 10.6 Å². The van der Waals surface area contributed by atoms with Crippen molar-refractivity contribution in [3.8, 4) is 16.3 Å². The number of hydrogen-bond acceptors (Lipinski definition) is 8. The summed E-state index contributed by atoms with van der Waals surface area (Å²) < 4.78 is 26.2. The van der Waals surface area contributed by atoms with Crippen LogP contribution in [0.5, 0.6) is 5.75 Å². The minimum atomic E-state index is -0.604. The largest absolute Gasteiger partial charge is 0.481 e. The summed E-state index contributed by atoms with van der Waals surface area (Å²) in [6.07, 6.45) is 3.55. The minimum absolute atomic E-state index is 0.0315. The number of likely N-dealkylation sites (tertiary alicyclic amines) is 1. The topological polar surface area (TPSA) is 125 Å². The highest BCUT2D eigenvalue weighted by molar-refractivity contribution is 7.16. The summed E-state index contributed by atoms with van der Waals surface area (Å²) in [5.41, 5.74) is 2.71. The number of carbonyl (C=O) groups excluding carboxylic acids is 3.